The van der Waals surface area contributed by atoms with Crippen LogP contribution in [0.1, 0.15) is 13.0 Å². The van der Waals surface area contributed by atoms with E-state index < -0.39 is 0 Å². The number of anilines is 1. The van der Waals surface area contributed by atoms with Crippen molar-refractivity contribution in [1.82, 2.24) is 4.57 Å². The summed E-state index contributed by atoms with van der Waals surface area (Å²) in [7, 11) is 1.61. The van der Waals surface area contributed by atoms with Crippen molar-refractivity contribution in [3.05, 3.63) is 48.8 Å². The molecular weight excluding hydrogens is 228 g/mol. The maximum Gasteiger partial charge on any atom is 0.247 e. The molecule has 0 saturated carbocycles. The van der Waals surface area contributed by atoms with Crippen LogP contribution < -0.4 is 10.1 Å². The molecule has 0 aliphatic rings. The van der Waals surface area contributed by atoms with Crippen LogP contribution in [0.15, 0.2) is 48.8 Å². The van der Waals surface area contributed by atoms with Crippen molar-refractivity contribution < 1.29 is 9.53 Å². The third-order valence-electron chi connectivity index (χ3n) is 2.81. The summed E-state index contributed by atoms with van der Waals surface area (Å²) in [5.74, 6) is 0.725. The molecule has 1 unspecified atom stereocenters. The van der Waals surface area contributed by atoms with Crippen molar-refractivity contribution in [3.63, 3.8) is 0 Å². The normalized spacial score (nSPS) is 11.9. The molecule has 4 nitrogen and oxygen atoms in total. The highest BCUT2D eigenvalue weighted by atomic mass is 16.5. The minimum Gasteiger partial charge on any atom is -0.497 e. The Morgan fingerprint density at radius 3 is 2.39 bits per heavy atom. The summed E-state index contributed by atoms with van der Waals surface area (Å²) >= 11 is 0. The topological polar surface area (TPSA) is 43.3 Å². The van der Waals surface area contributed by atoms with Gasteiger partial charge in [0.15, 0.2) is 0 Å². The lowest BCUT2D eigenvalue weighted by molar-refractivity contribution is -0.118. The van der Waals surface area contributed by atoms with Crippen molar-refractivity contribution in [2.45, 2.75) is 13.0 Å². The van der Waals surface area contributed by atoms with E-state index in [0.29, 0.717) is 0 Å². The predicted molar refractivity (Wildman–Crippen MR) is 70.8 cm³/mol. The van der Waals surface area contributed by atoms with Gasteiger partial charge in [-0.2, -0.15) is 0 Å². The van der Waals surface area contributed by atoms with E-state index in [2.05, 4.69) is 5.32 Å². The molecule has 1 aromatic heterocycles. The molecule has 2 aromatic rings. The van der Waals surface area contributed by atoms with Crippen molar-refractivity contribution in [2.75, 3.05) is 12.4 Å². The summed E-state index contributed by atoms with van der Waals surface area (Å²) in [5, 5.41) is 2.87. The minimum atomic E-state index is -0.234. The van der Waals surface area contributed by atoms with Gasteiger partial charge in [0.05, 0.1) is 7.11 Å². The molecule has 1 heterocycles. The number of rotatable bonds is 4. The van der Waals surface area contributed by atoms with E-state index in [0.717, 1.165) is 11.4 Å². The fourth-order valence-electron chi connectivity index (χ4n) is 1.66. The second-order valence-corrected chi connectivity index (χ2v) is 4.02. The highest BCUT2D eigenvalue weighted by Gasteiger charge is 2.13. The Morgan fingerprint density at radius 2 is 1.83 bits per heavy atom. The molecule has 1 atom stereocenters. The summed E-state index contributed by atoms with van der Waals surface area (Å²) in [6, 6.07) is 10.8. The third-order valence-corrected chi connectivity index (χ3v) is 2.81. The van der Waals surface area contributed by atoms with Gasteiger partial charge in [0.2, 0.25) is 5.91 Å². The van der Waals surface area contributed by atoms with Crippen LogP contribution in [0, 0.1) is 0 Å². The highest BCUT2D eigenvalue weighted by molar-refractivity contribution is 5.93. The maximum absolute atomic E-state index is 12.0. The molecule has 1 N–H and O–H groups in total. The number of nitrogens with one attached hydrogen (secondary N) is 1. The number of ether oxygens (including phenoxy) is 1. The number of aromatic nitrogens is 1. The quantitative estimate of drug-likeness (QED) is 0.898. The summed E-state index contributed by atoms with van der Waals surface area (Å²) in [4.78, 5) is 12.0. The van der Waals surface area contributed by atoms with Crippen LogP contribution in [0.2, 0.25) is 0 Å². The monoisotopic (exact) mass is 244 g/mol. The number of methoxy groups -OCH3 is 1. The average molecular weight is 244 g/mol. The lowest BCUT2D eigenvalue weighted by Gasteiger charge is -2.14. The van der Waals surface area contributed by atoms with E-state index >= 15 is 0 Å². The standard InChI is InChI=1S/C14H16N2O2/c1-11(16-9-3-4-10-16)14(17)15-12-5-7-13(18-2)8-6-12/h3-11H,1-2H3,(H,15,17). The smallest absolute Gasteiger partial charge is 0.247 e. The number of amides is 1. The summed E-state index contributed by atoms with van der Waals surface area (Å²) < 4.78 is 6.92. The Morgan fingerprint density at radius 1 is 1.22 bits per heavy atom. The Labute approximate surface area is 106 Å². The van der Waals surface area contributed by atoms with Gasteiger partial charge >= 0.3 is 0 Å². The zero-order valence-electron chi connectivity index (χ0n) is 10.5. The molecule has 0 fully saturated rings. The van der Waals surface area contributed by atoms with E-state index in [1.807, 2.05) is 60.3 Å². The van der Waals surface area contributed by atoms with Crippen molar-refractivity contribution in [2.24, 2.45) is 0 Å². The first-order valence-electron chi connectivity index (χ1n) is 5.78. The fourth-order valence-corrected chi connectivity index (χ4v) is 1.66. The van der Waals surface area contributed by atoms with Gasteiger partial charge in [0, 0.05) is 18.1 Å². The van der Waals surface area contributed by atoms with Gasteiger partial charge in [-0.15, -0.1) is 0 Å². The summed E-state index contributed by atoms with van der Waals surface area (Å²) in [6.07, 6.45) is 3.75. The number of hydrogen-bond donors (Lipinski definition) is 1. The molecule has 94 valence electrons. The first kappa shape index (κ1) is 12.2. The van der Waals surface area contributed by atoms with Gasteiger partial charge in [0.1, 0.15) is 11.8 Å². The van der Waals surface area contributed by atoms with E-state index in [1.54, 1.807) is 7.11 Å². The molecule has 1 amide bonds. The van der Waals surface area contributed by atoms with Gasteiger partial charge in [-0.05, 0) is 43.3 Å². The van der Waals surface area contributed by atoms with E-state index in [-0.39, 0.29) is 11.9 Å². The van der Waals surface area contributed by atoms with E-state index in [1.165, 1.54) is 0 Å². The van der Waals surface area contributed by atoms with Crippen LogP contribution in [0.3, 0.4) is 0 Å². The number of carbonyl (C=O) groups is 1. The Kier molecular flexibility index (Phi) is 3.67. The third kappa shape index (κ3) is 2.71. The molecule has 0 radical (unpaired) electrons. The van der Waals surface area contributed by atoms with Gasteiger partial charge in [0.25, 0.3) is 0 Å². The first-order valence-corrected chi connectivity index (χ1v) is 5.78. The van der Waals surface area contributed by atoms with E-state index in [9.17, 15) is 4.79 Å². The summed E-state index contributed by atoms with van der Waals surface area (Å²) in [5.41, 5.74) is 0.764. The average Bonchev–Trinajstić information content (AvgIpc) is 2.92. The lowest BCUT2D eigenvalue weighted by Crippen LogP contribution is -2.22. The Balaban J connectivity index is 2.02. The van der Waals surface area contributed by atoms with Crippen LogP contribution in [-0.2, 0) is 4.79 Å². The number of carbonyl (C=O) groups excluding carboxylic acids is 1. The second kappa shape index (κ2) is 5.40. The number of benzene rings is 1. The molecule has 0 aliphatic heterocycles. The van der Waals surface area contributed by atoms with E-state index in [4.69, 9.17) is 4.74 Å². The molecule has 0 spiro atoms. The van der Waals surface area contributed by atoms with Crippen LogP contribution in [0.4, 0.5) is 5.69 Å². The molecule has 0 bridgehead atoms. The largest absolute Gasteiger partial charge is 0.497 e. The maximum atomic E-state index is 12.0. The first-order chi connectivity index (χ1) is 8.70. The van der Waals surface area contributed by atoms with Crippen LogP contribution in [0.5, 0.6) is 5.75 Å². The SMILES string of the molecule is COc1ccc(NC(=O)C(C)n2cccc2)cc1. The van der Waals surface area contributed by atoms with Crippen LogP contribution in [-0.4, -0.2) is 17.6 Å². The zero-order chi connectivity index (χ0) is 13.0. The fraction of sp³-hybridized carbons (Fsp3) is 0.214. The van der Waals surface area contributed by atoms with Crippen LogP contribution in [0.25, 0.3) is 0 Å². The summed E-state index contributed by atoms with van der Waals surface area (Å²) in [6.45, 7) is 1.86. The molecule has 4 heteroatoms. The van der Waals surface area contributed by atoms with Gasteiger partial charge in [-0.1, -0.05) is 0 Å². The Hall–Kier alpha value is -2.23. The highest BCUT2D eigenvalue weighted by Crippen LogP contribution is 2.16. The van der Waals surface area contributed by atoms with Gasteiger partial charge in [-0.3, -0.25) is 4.79 Å². The molecule has 0 aliphatic carbocycles. The van der Waals surface area contributed by atoms with Gasteiger partial charge in [-0.25, -0.2) is 0 Å². The molecular formula is C14H16N2O2. The number of hydrogen-bond acceptors (Lipinski definition) is 2. The zero-order valence-corrected chi connectivity index (χ0v) is 10.5. The predicted octanol–water partition coefficient (Wildman–Crippen LogP) is 2.70. The second-order valence-electron chi connectivity index (χ2n) is 4.02. The Bertz CT molecular complexity index is 503. The van der Waals surface area contributed by atoms with Crippen LogP contribution >= 0.6 is 0 Å². The van der Waals surface area contributed by atoms with Gasteiger partial charge < -0.3 is 14.6 Å². The minimum absolute atomic E-state index is 0.0450. The van der Waals surface area contributed by atoms with Crippen molar-refractivity contribution in [3.8, 4) is 5.75 Å². The van der Waals surface area contributed by atoms with Crippen molar-refractivity contribution >= 4 is 11.6 Å². The number of nitrogens with zero attached hydrogens (tertiary/aromatic N) is 1. The molecule has 2 rings (SSSR count). The molecule has 1 aromatic carbocycles. The molecule has 0 saturated heterocycles. The van der Waals surface area contributed by atoms with Crippen molar-refractivity contribution in [1.29, 1.82) is 0 Å². The molecule has 18 heavy (non-hydrogen) atoms. The lowest BCUT2D eigenvalue weighted by atomic mass is 10.2.